The zero-order valence-electron chi connectivity index (χ0n) is 18.1. The second-order valence-electron chi connectivity index (χ2n) is 10.0. The molecule has 0 aromatic heterocycles. The van der Waals surface area contributed by atoms with Gasteiger partial charge in [-0.3, -0.25) is 4.79 Å². The Morgan fingerprint density at radius 3 is 2.55 bits per heavy atom. The van der Waals surface area contributed by atoms with Crippen LogP contribution in [0.2, 0.25) is 0 Å². The maximum Gasteiger partial charge on any atom is 0.509 e. The van der Waals surface area contributed by atoms with E-state index in [9.17, 15) is 24.6 Å². The van der Waals surface area contributed by atoms with Crippen LogP contribution in [0.4, 0.5) is 9.18 Å². The van der Waals surface area contributed by atoms with Crippen molar-refractivity contribution in [1.82, 2.24) is 0 Å². The van der Waals surface area contributed by atoms with Crippen molar-refractivity contribution < 1.29 is 38.5 Å². The topological polar surface area (TPSA) is 110 Å². The van der Waals surface area contributed by atoms with E-state index in [1.165, 1.54) is 12.2 Å². The van der Waals surface area contributed by atoms with Gasteiger partial charge in [-0.2, -0.15) is 0 Å². The van der Waals surface area contributed by atoms with Crippen LogP contribution < -0.4 is 0 Å². The first-order valence-corrected chi connectivity index (χ1v) is 10.7. The Kier molecular flexibility index (Phi) is 4.89. The van der Waals surface area contributed by atoms with Gasteiger partial charge in [0.1, 0.15) is 6.17 Å². The van der Waals surface area contributed by atoms with Crippen molar-refractivity contribution in [2.75, 3.05) is 7.11 Å². The lowest BCUT2D eigenvalue weighted by Gasteiger charge is -2.59. The van der Waals surface area contributed by atoms with Crippen molar-refractivity contribution in [2.45, 2.75) is 57.9 Å². The molecule has 9 atom stereocenters. The highest BCUT2D eigenvalue weighted by Gasteiger charge is 2.74. The third kappa shape index (κ3) is 2.69. The predicted octanol–water partition coefficient (Wildman–Crippen LogP) is 3.07. The number of halogens is 1. The highest BCUT2D eigenvalue weighted by atomic mass is 19.1. The number of ketones is 1. The lowest BCUT2D eigenvalue weighted by molar-refractivity contribution is -0.202. The van der Waals surface area contributed by atoms with E-state index in [0.29, 0.717) is 12.0 Å². The molecule has 3 fully saturated rings. The zero-order valence-corrected chi connectivity index (χ0v) is 18.1. The van der Waals surface area contributed by atoms with Crippen LogP contribution in [0.1, 0.15) is 40.0 Å². The molecular weight excluding hydrogens is 407 g/mol. The van der Waals surface area contributed by atoms with Crippen LogP contribution in [-0.2, 0) is 19.1 Å². The van der Waals surface area contributed by atoms with E-state index in [1.807, 2.05) is 6.92 Å². The Balaban J connectivity index is 1.82. The normalized spacial score (nSPS) is 48.2. The molecule has 0 spiro atoms. The number of carbonyl (C=O) groups excluding carboxylic acids is 2. The van der Waals surface area contributed by atoms with E-state index in [2.05, 4.69) is 4.74 Å². The van der Waals surface area contributed by atoms with E-state index in [-0.39, 0.29) is 36.4 Å². The summed E-state index contributed by atoms with van der Waals surface area (Å²) < 4.78 is 25.4. The predicted molar refractivity (Wildman–Crippen MR) is 107 cm³/mol. The standard InChI is InChI=1S/C23H29FO7/c1-11-7-14-13-9-16(24)15-8-12(25)5-6-21(15,2)18(13)17(26)10-22(14,3)23(11,19(27)28)31-20(29)30-4/h5-6,8,11,13-14,16-18,26H,7,9-10H2,1-4H3,(H,27,28)/t11-,13+,14+,16+,17+,18-,21+,22+,23+/m1/s1. The number of rotatable bonds is 2. The van der Waals surface area contributed by atoms with Crippen LogP contribution in [0.15, 0.2) is 23.8 Å². The fraction of sp³-hybridized carbons (Fsp3) is 0.696. The van der Waals surface area contributed by atoms with Gasteiger partial charge in [-0.15, -0.1) is 0 Å². The molecule has 0 heterocycles. The summed E-state index contributed by atoms with van der Waals surface area (Å²) in [6.45, 7) is 5.27. The number of hydrogen-bond donors (Lipinski definition) is 2. The summed E-state index contributed by atoms with van der Waals surface area (Å²) in [5, 5.41) is 21.6. The molecule has 170 valence electrons. The van der Waals surface area contributed by atoms with Gasteiger partial charge in [0.2, 0.25) is 5.60 Å². The maximum atomic E-state index is 15.4. The Morgan fingerprint density at radius 1 is 1.26 bits per heavy atom. The van der Waals surface area contributed by atoms with Crippen LogP contribution >= 0.6 is 0 Å². The van der Waals surface area contributed by atoms with Crippen molar-refractivity contribution >= 4 is 17.9 Å². The number of fused-ring (bicyclic) bond motifs is 5. The molecule has 0 radical (unpaired) electrons. The SMILES string of the molecule is COC(=O)O[C@]1(C(=O)O)[C@H](C)C[C@H]2[C@@H]3C[C@H](F)C4=CC(=O)C=C[C@]4(C)[C@H]3[C@@H](O)C[C@@]21C. The molecule has 0 aromatic rings. The molecule has 0 aliphatic heterocycles. The lowest BCUT2D eigenvalue weighted by Crippen LogP contribution is -2.64. The number of aliphatic hydroxyl groups is 1. The number of aliphatic hydroxyl groups excluding tert-OH is 1. The highest BCUT2D eigenvalue weighted by Crippen LogP contribution is 2.69. The molecule has 0 unspecified atom stereocenters. The van der Waals surface area contributed by atoms with Gasteiger partial charge in [-0.25, -0.2) is 14.0 Å². The van der Waals surface area contributed by atoms with Gasteiger partial charge in [-0.1, -0.05) is 26.8 Å². The monoisotopic (exact) mass is 436 g/mol. The first kappa shape index (κ1) is 22.0. The maximum absolute atomic E-state index is 15.4. The molecule has 0 saturated heterocycles. The van der Waals surface area contributed by atoms with Crippen molar-refractivity contribution in [2.24, 2.45) is 34.5 Å². The number of allylic oxidation sites excluding steroid dienone is 4. The molecule has 8 heteroatoms. The van der Waals surface area contributed by atoms with Crippen LogP contribution in [-0.4, -0.2) is 53.1 Å². The average Bonchev–Trinajstić information content (AvgIpc) is 2.90. The Labute approximate surface area is 180 Å². The van der Waals surface area contributed by atoms with Gasteiger partial charge >= 0.3 is 12.1 Å². The van der Waals surface area contributed by atoms with Gasteiger partial charge in [-0.05, 0) is 48.8 Å². The third-order valence-electron chi connectivity index (χ3n) is 8.75. The van der Waals surface area contributed by atoms with Crippen LogP contribution in [0.25, 0.3) is 0 Å². The van der Waals surface area contributed by atoms with Crippen LogP contribution in [0, 0.1) is 34.5 Å². The second-order valence-corrected chi connectivity index (χ2v) is 10.0. The molecule has 4 rings (SSSR count). The number of alkyl halides is 1. The Hall–Kier alpha value is -2.22. The van der Waals surface area contributed by atoms with Crippen LogP contribution in [0.3, 0.4) is 0 Å². The Morgan fingerprint density at radius 2 is 1.94 bits per heavy atom. The summed E-state index contributed by atoms with van der Waals surface area (Å²) in [6, 6.07) is 0. The van der Waals surface area contributed by atoms with Crippen molar-refractivity contribution in [1.29, 1.82) is 0 Å². The summed E-state index contributed by atoms with van der Waals surface area (Å²) >= 11 is 0. The van der Waals surface area contributed by atoms with E-state index in [4.69, 9.17) is 4.74 Å². The second kappa shape index (κ2) is 6.89. The van der Waals surface area contributed by atoms with Gasteiger partial charge < -0.3 is 19.7 Å². The number of aliphatic carboxylic acids is 1. The molecule has 4 aliphatic carbocycles. The zero-order chi connectivity index (χ0) is 22.9. The van der Waals surface area contributed by atoms with Crippen molar-refractivity contribution in [3.63, 3.8) is 0 Å². The molecule has 7 nitrogen and oxygen atoms in total. The summed E-state index contributed by atoms with van der Waals surface area (Å²) in [4.78, 5) is 36.5. The van der Waals surface area contributed by atoms with Gasteiger partial charge in [0, 0.05) is 22.7 Å². The number of carbonyl (C=O) groups is 3. The van der Waals surface area contributed by atoms with Gasteiger partial charge in [0.15, 0.2) is 5.78 Å². The molecule has 31 heavy (non-hydrogen) atoms. The highest BCUT2D eigenvalue weighted by molar-refractivity contribution is 6.01. The molecule has 4 aliphatic rings. The van der Waals surface area contributed by atoms with E-state index in [0.717, 1.165) is 7.11 Å². The fourth-order valence-electron chi connectivity index (χ4n) is 7.54. The third-order valence-corrected chi connectivity index (χ3v) is 8.75. The van der Waals surface area contributed by atoms with Crippen molar-refractivity contribution in [3.8, 4) is 0 Å². The molecule has 0 amide bonds. The number of ether oxygens (including phenoxy) is 2. The largest absolute Gasteiger partial charge is 0.509 e. The van der Waals surface area contributed by atoms with Crippen molar-refractivity contribution in [3.05, 3.63) is 23.8 Å². The summed E-state index contributed by atoms with van der Waals surface area (Å²) in [5.74, 6) is -3.12. The minimum absolute atomic E-state index is 0.0775. The fourth-order valence-corrected chi connectivity index (χ4v) is 7.54. The first-order chi connectivity index (χ1) is 14.4. The van der Waals surface area contributed by atoms with E-state index >= 15 is 4.39 Å². The Bertz CT molecular complexity index is 896. The van der Waals surface area contributed by atoms with Gasteiger partial charge in [0.05, 0.1) is 13.2 Å². The molecule has 3 saturated carbocycles. The quantitative estimate of drug-likeness (QED) is 0.640. The minimum atomic E-state index is -1.89. The summed E-state index contributed by atoms with van der Waals surface area (Å²) in [5.41, 5.74) is -3.46. The van der Waals surface area contributed by atoms with Crippen LogP contribution in [0.5, 0.6) is 0 Å². The first-order valence-electron chi connectivity index (χ1n) is 10.7. The molecule has 2 N–H and O–H groups in total. The smallest absolute Gasteiger partial charge is 0.478 e. The van der Waals surface area contributed by atoms with E-state index in [1.54, 1.807) is 19.9 Å². The summed E-state index contributed by atoms with van der Waals surface area (Å²) in [7, 11) is 1.11. The van der Waals surface area contributed by atoms with E-state index < -0.39 is 46.7 Å². The number of methoxy groups -OCH3 is 1. The number of hydrogen-bond acceptors (Lipinski definition) is 6. The molecule has 0 aromatic carbocycles. The minimum Gasteiger partial charge on any atom is -0.478 e. The lowest BCUT2D eigenvalue weighted by atomic mass is 9.46. The van der Waals surface area contributed by atoms with Gasteiger partial charge in [0.25, 0.3) is 0 Å². The summed E-state index contributed by atoms with van der Waals surface area (Å²) in [6.07, 6.45) is 1.59. The average molecular weight is 436 g/mol. The molecular formula is C23H29FO7. The number of carboxylic acids is 1. The molecule has 0 bridgehead atoms. The number of carboxylic acid groups (broad SMARTS) is 1.